The number of nitrogens with zero attached hydrogens (tertiary/aromatic N) is 1. The third kappa shape index (κ3) is 6.13. The van der Waals surface area contributed by atoms with Gasteiger partial charge in [-0.25, -0.2) is 4.39 Å². The molecule has 0 radical (unpaired) electrons. The highest BCUT2D eigenvalue weighted by atomic mass is 19.1. The molecule has 1 saturated heterocycles. The molecule has 152 valence electrons. The van der Waals surface area contributed by atoms with E-state index in [-0.39, 0.29) is 5.82 Å². The van der Waals surface area contributed by atoms with Crippen LogP contribution in [0.25, 0.3) is 0 Å². The van der Waals surface area contributed by atoms with Gasteiger partial charge in [-0.2, -0.15) is 0 Å². The van der Waals surface area contributed by atoms with Crippen LogP contribution in [0, 0.1) is 5.82 Å². The molecule has 0 aliphatic carbocycles. The van der Waals surface area contributed by atoms with Gasteiger partial charge in [0.15, 0.2) is 0 Å². The lowest BCUT2D eigenvalue weighted by Gasteiger charge is -2.34. The normalized spacial score (nSPS) is 14.9. The summed E-state index contributed by atoms with van der Waals surface area (Å²) in [7, 11) is 1.74. The molecular formula is C23H32FN2O2+. The fourth-order valence-corrected chi connectivity index (χ4v) is 3.76. The predicted octanol–water partition coefficient (Wildman–Crippen LogP) is 3.18. The van der Waals surface area contributed by atoms with Gasteiger partial charge in [0, 0.05) is 0 Å². The molecule has 2 aromatic rings. The number of quaternary nitrogens is 1. The molecule has 1 aliphatic heterocycles. The van der Waals surface area contributed by atoms with Crippen molar-refractivity contribution in [3.05, 3.63) is 54.3 Å². The summed E-state index contributed by atoms with van der Waals surface area (Å²) in [6.45, 7) is 6.49. The van der Waals surface area contributed by atoms with Crippen molar-refractivity contribution in [2.75, 3.05) is 51.3 Å². The monoisotopic (exact) mass is 387 g/mol. The zero-order chi connectivity index (χ0) is 19.6. The zero-order valence-corrected chi connectivity index (χ0v) is 16.8. The SMILES string of the molecule is COc1ccccc1N1CC[NH+](CCCCCCOc2ccc(F)cc2)CC1. The van der Waals surface area contributed by atoms with E-state index in [0.717, 1.165) is 31.0 Å². The maximum Gasteiger partial charge on any atom is 0.142 e. The van der Waals surface area contributed by atoms with Crippen molar-refractivity contribution in [1.82, 2.24) is 0 Å². The van der Waals surface area contributed by atoms with Gasteiger partial charge in [-0.05, 0) is 62.1 Å². The van der Waals surface area contributed by atoms with E-state index in [1.807, 2.05) is 12.1 Å². The molecule has 0 atom stereocenters. The quantitative estimate of drug-likeness (QED) is 0.634. The van der Waals surface area contributed by atoms with E-state index >= 15 is 0 Å². The summed E-state index contributed by atoms with van der Waals surface area (Å²) in [6.07, 6.45) is 4.74. The molecule has 5 heteroatoms. The number of methoxy groups -OCH3 is 1. The lowest BCUT2D eigenvalue weighted by atomic mass is 10.1. The maximum absolute atomic E-state index is 12.8. The minimum absolute atomic E-state index is 0.224. The molecule has 3 rings (SSSR count). The molecule has 0 saturated carbocycles. The van der Waals surface area contributed by atoms with Crippen LogP contribution in [-0.4, -0.2) is 46.4 Å². The molecule has 1 fully saturated rings. The van der Waals surface area contributed by atoms with Crippen LogP contribution in [0.3, 0.4) is 0 Å². The fourth-order valence-electron chi connectivity index (χ4n) is 3.76. The second-order valence-corrected chi connectivity index (χ2v) is 7.38. The minimum atomic E-state index is -0.224. The number of para-hydroxylation sites is 2. The van der Waals surface area contributed by atoms with Crippen molar-refractivity contribution < 1.29 is 18.8 Å². The number of hydrogen-bond donors (Lipinski definition) is 1. The van der Waals surface area contributed by atoms with Crippen molar-refractivity contribution in [1.29, 1.82) is 0 Å². The Labute approximate surface area is 167 Å². The van der Waals surface area contributed by atoms with Gasteiger partial charge in [-0.1, -0.05) is 12.1 Å². The van der Waals surface area contributed by atoms with E-state index < -0.39 is 0 Å². The van der Waals surface area contributed by atoms with Crippen LogP contribution >= 0.6 is 0 Å². The van der Waals surface area contributed by atoms with Gasteiger partial charge in [0.1, 0.15) is 17.3 Å². The molecule has 0 bridgehead atoms. The third-order valence-corrected chi connectivity index (χ3v) is 5.40. The largest absolute Gasteiger partial charge is 0.495 e. The highest BCUT2D eigenvalue weighted by Crippen LogP contribution is 2.27. The average molecular weight is 388 g/mol. The summed E-state index contributed by atoms with van der Waals surface area (Å²) in [5.41, 5.74) is 1.21. The van der Waals surface area contributed by atoms with E-state index in [2.05, 4.69) is 17.0 Å². The Kier molecular flexibility index (Phi) is 7.97. The first-order valence-electron chi connectivity index (χ1n) is 10.4. The number of hydrogen-bond acceptors (Lipinski definition) is 3. The molecular weight excluding hydrogens is 355 g/mol. The highest BCUT2D eigenvalue weighted by molar-refractivity contribution is 5.58. The van der Waals surface area contributed by atoms with Crippen LogP contribution in [-0.2, 0) is 0 Å². The number of unbranched alkanes of at least 4 members (excludes halogenated alkanes) is 3. The van der Waals surface area contributed by atoms with Crippen LogP contribution < -0.4 is 19.3 Å². The van der Waals surface area contributed by atoms with E-state index in [1.165, 1.54) is 56.7 Å². The minimum Gasteiger partial charge on any atom is -0.495 e. The standard InChI is InChI=1S/C23H31FN2O2/c1-27-23-9-5-4-8-22(23)26-17-15-25(16-18-26)14-6-2-3-7-19-28-21-12-10-20(24)11-13-21/h4-5,8-13H,2-3,6-7,14-19H2,1H3/p+1. The van der Waals surface area contributed by atoms with Gasteiger partial charge >= 0.3 is 0 Å². The first-order valence-corrected chi connectivity index (χ1v) is 10.4. The topological polar surface area (TPSA) is 26.1 Å². The first kappa shape index (κ1) is 20.5. The Morgan fingerprint density at radius 3 is 2.39 bits per heavy atom. The van der Waals surface area contributed by atoms with Crippen molar-refractivity contribution in [2.45, 2.75) is 25.7 Å². The lowest BCUT2D eigenvalue weighted by molar-refractivity contribution is -0.900. The second kappa shape index (κ2) is 10.9. The van der Waals surface area contributed by atoms with Crippen LogP contribution in [0.2, 0.25) is 0 Å². The van der Waals surface area contributed by atoms with Crippen molar-refractivity contribution in [3.63, 3.8) is 0 Å². The Bertz CT molecular complexity index is 700. The summed E-state index contributed by atoms with van der Waals surface area (Å²) in [4.78, 5) is 4.14. The number of rotatable bonds is 10. The van der Waals surface area contributed by atoms with Gasteiger partial charge in [0.2, 0.25) is 0 Å². The smallest absolute Gasteiger partial charge is 0.142 e. The lowest BCUT2D eigenvalue weighted by Crippen LogP contribution is -3.14. The Balaban J connectivity index is 1.25. The first-order chi connectivity index (χ1) is 13.8. The van der Waals surface area contributed by atoms with Crippen molar-refractivity contribution in [3.8, 4) is 11.5 Å². The molecule has 1 aliphatic rings. The summed E-state index contributed by atoms with van der Waals surface area (Å²) >= 11 is 0. The van der Waals surface area contributed by atoms with Crippen molar-refractivity contribution in [2.24, 2.45) is 0 Å². The summed E-state index contributed by atoms with van der Waals surface area (Å²) in [5, 5.41) is 0. The molecule has 28 heavy (non-hydrogen) atoms. The van der Waals surface area contributed by atoms with Crippen LogP contribution in [0.5, 0.6) is 11.5 Å². The van der Waals surface area contributed by atoms with Gasteiger partial charge < -0.3 is 19.3 Å². The fraction of sp³-hybridized carbons (Fsp3) is 0.478. The van der Waals surface area contributed by atoms with Crippen LogP contribution in [0.15, 0.2) is 48.5 Å². The van der Waals surface area contributed by atoms with Crippen LogP contribution in [0.1, 0.15) is 25.7 Å². The van der Waals surface area contributed by atoms with E-state index in [9.17, 15) is 4.39 Å². The third-order valence-electron chi connectivity index (χ3n) is 5.40. The molecule has 4 nitrogen and oxygen atoms in total. The summed E-state index contributed by atoms with van der Waals surface area (Å²) in [6, 6.07) is 14.5. The Hall–Kier alpha value is -2.27. The van der Waals surface area contributed by atoms with Crippen molar-refractivity contribution >= 4 is 5.69 Å². The van der Waals surface area contributed by atoms with E-state index in [0.29, 0.717) is 6.61 Å². The molecule has 2 aromatic carbocycles. The van der Waals surface area contributed by atoms with E-state index in [4.69, 9.17) is 9.47 Å². The number of ether oxygens (including phenoxy) is 2. The number of anilines is 1. The van der Waals surface area contributed by atoms with Gasteiger partial charge in [0.25, 0.3) is 0 Å². The zero-order valence-electron chi connectivity index (χ0n) is 16.8. The number of nitrogens with one attached hydrogen (secondary N) is 1. The van der Waals surface area contributed by atoms with Gasteiger partial charge in [-0.15, -0.1) is 0 Å². The number of piperazine rings is 1. The Morgan fingerprint density at radius 2 is 1.64 bits per heavy atom. The van der Waals surface area contributed by atoms with Gasteiger partial charge in [0.05, 0.1) is 52.1 Å². The van der Waals surface area contributed by atoms with E-state index in [1.54, 1.807) is 24.1 Å². The molecule has 0 spiro atoms. The molecule has 1 heterocycles. The number of halogens is 1. The molecule has 1 N–H and O–H groups in total. The predicted molar refractivity (Wildman–Crippen MR) is 111 cm³/mol. The number of benzene rings is 2. The summed E-state index contributed by atoms with van der Waals surface area (Å²) in [5.74, 6) is 1.49. The molecule has 0 amide bonds. The summed E-state index contributed by atoms with van der Waals surface area (Å²) < 4.78 is 24.0. The highest BCUT2D eigenvalue weighted by Gasteiger charge is 2.21. The van der Waals surface area contributed by atoms with Gasteiger partial charge in [-0.3, -0.25) is 0 Å². The van der Waals surface area contributed by atoms with Crippen LogP contribution in [0.4, 0.5) is 10.1 Å². The average Bonchev–Trinajstić information content (AvgIpc) is 2.75. The maximum atomic E-state index is 12.8. The second-order valence-electron chi connectivity index (χ2n) is 7.38. The molecule has 0 aromatic heterocycles. The Morgan fingerprint density at radius 1 is 0.929 bits per heavy atom. The molecule has 0 unspecified atom stereocenters.